The van der Waals surface area contributed by atoms with Gasteiger partial charge in [-0.1, -0.05) is 12.0 Å². The van der Waals surface area contributed by atoms with Gasteiger partial charge in [0.2, 0.25) is 5.95 Å². The van der Waals surface area contributed by atoms with Gasteiger partial charge in [-0.15, -0.1) is 23.3 Å². The minimum Gasteiger partial charge on any atom is -0.352 e. The third kappa shape index (κ3) is 2.67. The molecule has 0 amide bonds. The predicted molar refractivity (Wildman–Crippen MR) is 67.6 cm³/mol. The van der Waals surface area contributed by atoms with Gasteiger partial charge in [0.05, 0.1) is 5.75 Å². The second-order valence-electron chi connectivity index (χ2n) is 3.12. The summed E-state index contributed by atoms with van der Waals surface area (Å²) in [7, 11) is 0. The zero-order valence-electron chi connectivity index (χ0n) is 8.76. The third-order valence-corrected chi connectivity index (χ3v) is 2.82. The van der Waals surface area contributed by atoms with Crippen molar-refractivity contribution in [2.75, 3.05) is 23.4 Å². The maximum atomic E-state index is 5.15. The molecule has 0 fully saturated rings. The molecule has 0 aromatic carbocycles. The standard InChI is InChI=1S/C11H12N4S/c1-2-8-16-9-6-12-11-13-10-5-3-4-7-15(10)14-11/h1,3-5,7H,6,8-9H2,(H,12,14). The number of rotatable bonds is 5. The number of hydrogen-bond donors (Lipinski definition) is 1. The number of hydrogen-bond acceptors (Lipinski definition) is 4. The van der Waals surface area contributed by atoms with Crippen molar-refractivity contribution >= 4 is 23.4 Å². The summed E-state index contributed by atoms with van der Waals surface area (Å²) >= 11 is 1.72. The van der Waals surface area contributed by atoms with E-state index in [0.29, 0.717) is 5.95 Å². The average Bonchev–Trinajstić information content (AvgIpc) is 2.71. The lowest BCUT2D eigenvalue weighted by Crippen LogP contribution is -2.05. The molecular formula is C11H12N4S. The van der Waals surface area contributed by atoms with Crippen LogP contribution >= 0.6 is 11.8 Å². The zero-order valence-corrected chi connectivity index (χ0v) is 9.57. The Labute approximate surface area is 98.5 Å². The first-order valence-electron chi connectivity index (χ1n) is 4.96. The highest BCUT2D eigenvalue weighted by Gasteiger charge is 2.00. The van der Waals surface area contributed by atoms with Crippen molar-refractivity contribution in [3.63, 3.8) is 0 Å². The maximum absolute atomic E-state index is 5.15. The molecule has 0 atom stereocenters. The van der Waals surface area contributed by atoms with Crippen LogP contribution in [0.3, 0.4) is 0 Å². The number of terminal acetylenes is 1. The highest BCUT2D eigenvalue weighted by Crippen LogP contribution is 2.04. The largest absolute Gasteiger partial charge is 0.352 e. The molecule has 82 valence electrons. The molecule has 0 saturated heterocycles. The summed E-state index contributed by atoms with van der Waals surface area (Å²) in [4.78, 5) is 4.32. The smallest absolute Gasteiger partial charge is 0.243 e. The Hall–Kier alpha value is -1.67. The first-order chi connectivity index (χ1) is 7.90. The van der Waals surface area contributed by atoms with Crippen LogP contribution in [0.25, 0.3) is 5.65 Å². The molecule has 0 radical (unpaired) electrons. The van der Waals surface area contributed by atoms with Gasteiger partial charge in [-0.2, -0.15) is 4.98 Å². The van der Waals surface area contributed by atoms with E-state index in [-0.39, 0.29) is 0 Å². The maximum Gasteiger partial charge on any atom is 0.243 e. The van der Waals surface area contributed by atoms with E-state index >= 15 is 0 Å². The fourth-order valence-corrected chi connectivity index (χ4v) is 1.78. The Bertz CT molecular complexity index is 467. The summed E-state index contributed by atoms with van der Waals surface area (Å²) in [5.41, 5.74) is 0.848. The quantitative estimate of drug-likeness (QED) is 0.627. The number of nitrogens with zero attached hydrogens (tertiary/aromatic N) is 3. The molecule has 0 aliphatic rings. The SMILES string of the molecule is C#CCSCCNc1nc2ccccn2n1. The van der Waals surface area contributed by atoms with Crippen molar-refractivity contribution in [3.05, 3.63) is 24.4 Å². The van der Waals surface area contributed by atoms with Crippen molar-refractivity contribution in [1.82, 2.24) is 14.6 Å². The van der Waals surface area contributed by atoms with Crippen LogP contribution in [0, 0.1) is 12.3 Å². The molecule has 0 bridgehead atoms. The van der Waals surface area contributed by atoms with Crippen LogP contribution in [0.5, 0.6) is 0 Å². The molecule has 1 N–H and O–H groups in total. The lowest BCUT2D eigenvalue weighted by Gasteiger charge is -1.98. The number of thioether (sulfide) groups is 1. The van der Waals surface area contributed by atoms with Gasteiger partial charge >= 0.3 is 0 Å². The van der Waals surface area contributed by atoms with Crippen molar-refractivity contribution in [3.8, 4) is 12.3 Å². The van der Waals surface area contributed by atoms with Crippen LogP contribution < -0.4 is 5.32 Å². The molecule has 0 unspecified atom stereocenters. The van der Waals surface area contributed by atoms with Crippen LogP contribution in [0.2, 0.25) is 0 Å². The molecule has 5 heteroatoms. The highest BCUT2D eigenvalue weighted by molar-refractivity contribution is 7.99. The Kier molecular flexibility index (Phi) is 3.67. The summed E-state index contributed by atoms with van der Waals surface area (Å²) in [5.74, 6) is 4.96. The van der Waals surface area contributed by atoms with E-state index < -0.39 is 0 Å². The van der Waals surface area contributed by atoms with Crippen LogP contribution in [-0.4, -0.2) is 32.6 Å². The van der Waals surface area contributed by atoms with E-state index in [4.69, 9.17) is 6.42 Å². The first-order valence-corrected chi connectivity index (χ1v) is 6.12. The molecule has 0 aliphatic carbocycles. The van der Waals surface area contributed by atoms with Gasteiger partial charge in [-0.25, -0.2) is 4.52 Å². The van der Waals surface area contributed by atoms with E-state index in [1.165, 1.54) is 0 Å². The normalized spacial score (nSPS) is 10.2. The molecule has 0 saturated carbocycles. The summed E-state index contributed by atoms with van der Waals surface area (Å²) < 4.78 is 1.75. The molecule has 2 rings (SSSR count). The van der Waals surface area contributed by atoms with E-state index in [1.54, 1.807) is 16.3 Å². The molecule has 4 nitrogen and oxygen atoms in total. The van der Waals surface area contributed by atoms with Crippen molar-refractivity contribution in [2.45, 2.75) is 0 Å². The molecule has 0 aliphatic heterocycles. The van der Waals surface area contributed by atoms with Crippen LogP contribution in [0.1, 0.15) is 0 Å². The van der Waals surface area contributed by atoms with Gasteiger partial charge in [-0.05, 0) is 12.1 Å². The predicted octanol–water partition coefficient (Wildman–Crippen LogP) is 1.51. The Morgan fingerprint density at radius 3 is 3.25 bits per heavy atom. The molecule has 0 spiro atoms. The zero-order chi connectivity index (χ0) is 11.2. The van der Waals surface area contributed by atoms with E-state index in [2.05, 4.69) is 21.3 Å². The fourth-order valence-electron chi connectivity index (χ4n) is 1.27. The second-order valence-corrected chi connectivity index (χ2v) is 4.23. The minimum atomic E-state index is 0.660. The van der Waals surface area contributed by atoms with Crippen LogP contribution in [0.4, 0.5) is 5.95 Å². The minimum absolute atomic E-state index is 0.660. The summed E-state index contributed by atoms with van der Waals surface area (Å²) in [6.07, 6.45) is 7.03. The van der Waals surface area contributed by atoms with Crippen LogP contribution in [-0.2, 0) is 0 Å². The first kappa shape index (κ1) is 10.8. The van der Waals surface area contributed by atoms with Gasteiger partial charge in [0.15, 0.2) is 5.65 Å². The highest BCUT2D eigenvalue weighted by atomic mass is 32.2. The van der Waals surface area contributed by atoms with Gasteiger partial charge in [0.25, 0.3) is 0 Å². The topological polar surface area (TPSA) is 42.2 Å². The average molecular weight is 232 g/mol. The molecular weight excluding hydrogens is 220 g/mol. The monoisotopic (exact) mass is 232 g/mol. The number of anilines is 1. The Morgan fingerprint density at radius 2 is 2.44 bits per heavy atom. The molecule has 2 aromatic heterocycles. The lowest BCUT2D eigenvalue weighted by molar-refractivity contribution is 0.956. The van der Waals surface area contributed by atoms with E-state index in [9.17, 15) is 0 Å². The number of fused-ring (bicyclic) bond motifs is 1. The molecule has 2 aromatic rings. The molecule has 2 heterocycles. The van der Waals surface area contributed by atoms with E-state index in [0.717, 1.165) is 23.7 Å². The number of nitrogens with one attached hydrogen (secondary N) is 1. The van der Waals surface area contributed by atoms with Crippen LogP contribution in [0.15, 0.2) is 24.4 Å². The Balaban J connectivity index is 1.88. The number of pyridine rings is 1. The third-order valence-electron chi connectivity index (χ3n) is 1.96. The van der Waals surface area contributed by atoms with Gasteiger partial charge < -0.3 is 5.32 Å². The lowest BCUT2D eigenvalue weighted by atomic mass is 10.5. The fraction of sp³-hybridized carbons (Fsp3) is 0.273. The summed E-state index contributed by atoms with van der Waals surface area (Å²) in [6, 6.07) is 5.79. The van der Waals surface area contributed by atoms with Gasteiger partial charge in [-0.3, -0.25) is 0 Å². The molecule has 16 heavy (non-hydrogen) atoms. The summed E-state index contributed by atoms with van der Waals surface area (Å²) in [6.45, 7) is 0.823. The summed E-state index contributed by atoms with van der Waals surface area (Å²) in [5, 5.41) is 7.44. The van der Waals surface area contributed by atoms with Crippen molar-refractivity contribution in [2.24, 2.45) is 0 Å². The van der Waals surface area contributed by atoms with Gasteiger partial charge in [0.1, 0.15) is 0 Å². The Morgan fingerprint density at radius 1 is 1.50 bits per heavy atom. The van der Waals surface area contributed by atoms with Crippen molar-refractivity contribution < 1.29 is 0 Å². The second kappa shape index (κ2) is 5.42. The number of aromatic nitrogens is 3. The van der Waals surface area contributed by atoms with E-state index in [1.807, 2.05) is 24.4 Å². The van der Waals surface area contributed by atoms with Crippen molar-refractivity contribution in [1.29, 1.82) is 0 Å². The van der Waals surface area contributed by atoms with Gasteiger partial charge in [0, 0.05) is 18.5 Å².